The second kappa shape index (κ2) is 12.1. The lowest BCUT2D eigenvalue weighted by molar-refractivity contribution is -0.133. The minimum absolute atomic E-state index is 0.0297. The van der Waals surface area contributed by atoms with Gasteiger partial charge in [0.05, 0.1) is 37.2 Å². The number of ether oxygens (including phenoxy) is 1. The zero-order chi connectivity index (χ0) is 26.4. The minimum Gasteiger partial charge on any atom is -0.444 e. The molecule has 0 saturated carbocycles. The average molecular weight is 525 g/mol. The van der Waals surface area contributed by atoms with E-state index in [9.17, 15) is 23.2 Å². The highest BCUT2D eigenvalue weighted by Gasteiger charge is 2.33. The predicted octanol–water partition coefficient (Wildman–Crippen LogP) is 1.70. The SMILES string of the molecule is O=C(CC[C@H]1CN(c2ccc(N3CCNN(C(=O)CNCc4cnoc4)CC3)c(F)c2)C(=O)O1)C(F)F. The Hall–Kier alpha value is -3.65. The Labute approximate surface area is 210 Å². The van der Waals surface area contributed by atoms with Gasteiger partial charge in [0.1, 0.15) is 18.2 Å². The molecule has 0 bridgehead atoms. The summed E-state index contributed by atoms with van der Waals surface area (Å²) in [5, 5.41) is 8.11. The average Bonchev–Trinajstić information content (AvgIpc) is 3.45. The van der Waals surface area contributed by atoms with Crippen molar-refractivity contribution in [1.82, 2.24) is 20.9 Å². The number of carbonyl (C=O) groups is 3. The summed E-state index contributed by atoms with van der Waals surface area (Å²) in [5.74, 6) is -1.93. The summed E-state index contributed by atoms with van der Waals surface area (Å²) in [4.78, 5) is 38.9. The quantitative estimate of drug-likeness (QED) is 0.479. The first-order chi connectivity index (χ1) is 17.8. The largest absolute Gasteiger partial charge is 0.444 e. The summed E-state index contributed by atoms with van der Waals surface area (Å²) >= 11 is 0. The molecule has 37 heavy (non-hydrogen) atoms. The van der Waals surface area contributed by atoms with E-state index in [1.54, 1.807) is 23.2 Å². The second-order valence-corrected chi connectivity index (χ2v) is 8.63. The Bertz CT molecular complexity index is 1100. The van der Waals surface area contributed by atoms with Crippen LogP contribution in [0, 0.1) is 5.82 Å². The number of halogens is 3. The molecule has 1 aromatic carbocycles. The van der Waals surface area contributed by atoms with Gasteiger partial charge in [0.2, 0.25) is 0 Å². The molecule has 2 fully saturated rings. The number of hydrazine groups is 1. The molecule has 1 aromatic heterocycles. The van der Waals surface area contributed by atoms with Crippen LogP contribution in [-0.4, -0.2) is 79.7 Å². The first-order valence-corrected chi connectivity index (χ1v) is 11.8. The van der Waals surface area contributed by atoms with E-state index >= 15 is 4.39 Å². The molecule has 2 N–H and O–H groups in total. The molecular weight excluding hydrogens is 497 g/mol. The van der Waals surface area contributed by atoms with Crippen LogP contribution >= 0.6 is 0 Å². The lowest BCUT2D eigenvalue weighted by atomic mass is 10.1. The molecule has 2 aliphatic rings. The molecule has 14 heteroatoms. The van der Waals surface area contributed by atoms with E-state index in [4.69, 9.17) is 9.26 Å². The van der Waals surface area contributed by atoms with Gasteiger partial charge in [0.25, 0.3) is 12.3 Å². The van der Waals surface area contributed by atoms with Crippen molar-refractivity contribution < 1.29 is 36.8 Å². The van der Waals surface area contributed by atoms with E-state index in [0.29, 0.717) is 38.4 Å². The number of nitrogens with one attached hydrogen (secondary N) is 2. The number of rotatable bonds is 10. The third-order valence-corrected chi connectivity index (χ3v) is 6.08. The fourth-order valence-corrected chi connectivity index (χ4v) is 4.12. The van der Waals surface area contributed by atoms with Gasteiger partial charge in [-0.25, -0.2) is 23.4 Å². The molecule has 11 nitrogen and oxygen atoms in total. The number of anilines is 2. The third-order valence-electron chi connectivity index (χ3n) is 6.08. The molecule has 2 saturated heterocycles. The van der Waals surface area contributed by atoms with Crippen molar-refractivity contribution >= 4 is 29.2 Å². The topological polar surface area (TPSA) is 120 Å². The Morgan fingerprint density at radius 2 is 2.08 bits per heavy atom. The third kappa shape index (κ3) is 6.77. The van der Waals surface area contributed by atoms with Gasteiger partial charge in [-0.3, -0.25) is 19.5 Å². The molecule has 0 spiro atoms. The van der Waals surface area contributed by atoms with Crippen molar-refractivity contribution in [3.63, 3.8) is 0 Å². The minimum atomic E-state index is -3.06. The number of aromatic nitrogens is 1. The molecule has 3 heterocycles. The maximum Gasteiger partial charge on any atom is 0.414 e. The molecule has 4 rings (SSSR count). The zero-order valence-electron chi connectivity index (χ0n) is 19.9. The molecular formula is C23H27F3N6O5. The highest BCUT2D eigenvalue weighted by molar-refractivity contribution is 5.90. The first kappa shape index (κ1) is 26.4. The maximum atomic E-state index is 15.1. The normalized spacial score (nSPS) is 18.3. The van der Waals surface area contributed by atoms with E-state index in [1.165, 1.54) is 22.2 Å². The van der Waals surface area contributed by atoms with Gasteiger partial charge in [-0.2, -0.15) is 0 Å². The standard InChI is InChI=1S/C23H27F3N6O5/c24-18-9-16(31-13-17(37-23(31)35)2-4-20(33)22(25)26)1-3-19(18)30-6-5-28-32(8-7-30)21(34)12-27-10-15-11-29-36-14-15/h1,3,9,11,14,17,22,27-28H,2,4-8,10,12-13H2/t17-/m0/s1. The maximum absolute atomic E-state index is 15.1. The molecule has 2 amide bonds. The van der Waals surface area contributed by atoms with Crippen LogP contribution in [-0.2, 0) is 20.9 Å². The number of hydrogen-bond donors (Lipinski definition) is 2. The van der Waals surface area contributed by atoms with Crippen LogP contribution in [0.15, 0.2) is 35.2 Å². The van der Waals surface area contributed by atoms with Gasteiger partial charge in [0.15, 0.2) is 5.78 Å². The number of Topliss-reactive ketones (excluding diaryl/α,β-unsaturated/α-hetero) is 1. The lowest BCUT2D eigenvalue weighted by Gasteiger charge is -2.24. The zero-order valence-corrected chi connectivity index (χ0v) is 19.9. The highest BCUT2D eigenvalue weighted by Crippen LogP contribution is 2.29. The van der Waals surface area contributed by atoms with Crippen LogP contribution in [0.5, 0.6) is 0 Å². The van der Waals surface area contributed by atoms with Gasteiger partial charge in [-0.05, 0) is 24.6 Å². The number of nitrogens with zero attached hydrogens (tertiary/aromatic N) is 4. The fourth-order valence-electron chi connectivity index (χ4n) is 4.12. The van der Waals surface area contributed by atoms with Crippen LogP contribution in [0.4, 0.5) is 29.3 Å². The Kier molecular flexibility index (Phi) is 8.61. The molecule has 0 aliphatic carbocycles. The highest BCUT2D eigenvalue weighted by atomic mass is 19.3. The predicted molar refractivity (Wildman–Crippen MR) is 124 cm³/mol. The molecule has 0 radical (unpaired) electrons. The number of alkyl halides is 2. The first-order valence-electron chi connectivity index (χ1n) is 11.8. The number of carbonyl (C=O) groups excluding carboxylic acids is 3. The van der Waals surface area contributed by atoms with Crippen LogP contribution in [0.1, 0.15) is 18.4 Å². The smallest absolute Gasteiger partial charge is 0.414 e. The van der Waals surface area contributed by atoms with Gasteiger partial charge < -0.3 is 19.5 Å². The van der Waals surface area contributed by atoms with Crippen LogP contribution < -0.4 is 20.5 Å². The van der Waals surface area contributed by atoms with E-state index in [2.05, 4.69) is 15.9 Å². The van der Waals surface area contributed by atoms with Crippen molar-refractivity contribution in [2.45, 2.75) is 31.9 Å². The fraction of sp³-hybridized carbons (Fsp3) is 0.478. The van der Waals surface area contributed by atoms with Crippen LogP contribution in [0.25, 0.3) is 0 Å². The summed E-state index contributed by atoms with van der Waals surface area (Å²) in [7, 11) is 0. The summed E-state index contributed by atoms with van der Waals surface area (Å²) in [6.45, 7) is 2.13. The molecule has 1 atom stereocenters. The summed E-state index contributed by atoms with van der Waals surface area (Å²) < 4.78 is 49.8. The van der Waals surface area contributed by atoms with E-state index in [1.807, 2.05) is 0 Å². The molecule has 2 aliphatic heterocycles. The van der Waals surface area contributed by atoms with Crippen molar-refractivity contribution in [3.8, 4) is 0 Å². The van der Waals surface area contributed by atoms with E-state index < -0.39 is 36.6 Å². The van der Waals surface area contributed by atoms with Crippen molar-refractivity contribution in [2.24, 2.45) is 0 Å². The molecule has 200 valence electrons. The van der Waals surface area contributed by atoms with Crippen molar-refractivity contribution in [1.29, 1.82) is 0 Å². The summed E-state index contributed by atoms with van der Waals surface area (Å²) in [5.41, 5.74) is 4.45. The van der Waals surface area contributed by atoms with Crippen molar-refractivity contribution in [2.75, 3.05) is 49.1 Å². The number of benzene rings is 1. The lowest BCUT2D eigenvalue weighted by Crippen LogP contribution is -2.47. The second-order valence-electron chi connectivity index (χ2n) is 8.63. The van der Waals surface area contributed by atoms with Gasteiger partial charge >= 0.3 is 6.09 Å². The molecule has 2 aromatic rings. The molecule has 0 unspecified atom stereocenters. The van der Waals surface area contributed by atoms with Gasteiger partial charge in [0, 0.05) is 38.2 Å². The van der Waals surface area contributed by atoms with Gasteiger partial charge in [-0.1, -0.05) is 5.16 Å². The number of hydrogen-bond acceptors (Lipinski definition) is 9. The Morgan fingerprint density at radius 3 is 2.81 bits per heavy atom. The Morgan fingerprint density at radius 1 is 1.24 bits per heavy atom. The number of amides is 2. The van der Waals surface area contributed by atoms with Crippen molar-refractivity contribution in [3.05, 3.63) is 42.0 Å². The van der Waals surface area contributed by atoms with Gasteiger partial charge in [-0.15, -0.1) is 0 Å². The van der Waals surface area contributed by atoms with E-state index in [0.717, 1.165) is 5.56 Å². The van der Waals surface area contributed by atoms with Crippen LogP contribution in [0.3, 0.4) is 0 Å². The number of ketones is 1. The summed E-state index contributed by atoms with van der Waals surface area (Å²) in [6.07, 6.45) is -1.91. The number of cyclic esters (lactones) is 1. The van der Waals surface area contributed by atoms with E-state index in [-0.39, 0.29) is 31.1 Å². The summed E-state index contributed by atoms with van der Waals surface area (Å²) in [6, 6.07) is 4.32. The Balaban J connectivity index is 1.30. The van der Waals surface area contributed by atoms with Crippen LogP contribution in [0.2, 0.25) is 0 Å². The monoisotopic (exact) mass is 524 g/mol.